The standard InChI is InChI=1S/C24H29N3O5/c1-3-15-9-17(7-8-18(15)13-31-14-20(29)12-28)23-26-24(32-27-23)19-10-21(16-5-4-6-16)25-22(11-19)30-2/h7-11,16,20,28-29H,3-6,12-14H2,1-2H3/t20-/m0/s1. The predicted octanol–water partition coefficient (Wildman–Crippen LogP) is 3.51. The van der Waals surface area contributed by atoms with Gasteiger partial charge in [-0.25, -0.2) is 4.98 Å². The lowest BCUT2D eigenvalue weighted by Gasteiger charge is -2.25. The summed E-state index contributed by atoms with van der Waals surface area (Å²) in [5.41, 5.74) is 4.80. The molecule has 170 valence electrons. The van der Waals surface area contributed by atoms with Crippen LogP contribution in [0.25, 0.3) is 22.8 Å². The van der Waals surface area contributed by atoms with Crippen LogP contribution >= 0.6 is 0 Å². The van der Waals surface area contributed by atoms with E-state index in [0.717, 1.165) is 47.2 Å². The molecule has 0 aliphatic heterocycles. The van der Waals surface area contributed by atoms with Gasteiger partial charge in [-0.2, -0.15) is 4.98 Å². The first-order chi connectivity index (χ1) is 15.6. The summed E-state index contributed by atoms with van der Waals surface area (Å²) in [6, 6.07) is 9.77. The summed E-state index contributed by atoms with van der Waals surface area (Å²) in [5.74, 6) is 1.96. The minimum atomic E-state index is -0.867. The summed E-state index contributed by atoms with van der Waals surface area (Å²) in [6.07, 6.45) is 3.46. The van der Waals surface area contributed by atoms with Crippen molar-refractivity contribution >= 4 is 0 Å². The molecule has 32 heavy (non-hydrogen) atoms. The van der Waals surface area contributed by atoms with Gasteiger partial charge in [-0.1, -0.05) is 30.6 Å². The maximum Gasteiger partial charge on any atom is 0.258 e. The third-order valence-corrected chi connectivity index (χ3v) is 5.85. The van der Waals surface area contributed by atoms with Crippen LogP contribution in [0.5, 0.6) is 5.88 Å². The highest BCUT2D eigenvalue weighted by Crippen LogP contribution is 2.38. The zero-order valence-electron chi connectivity index (χ0n) is 18.5. The predicted molar refractivity (Wildman–Crippen MR) is 118 cm³/mol. The minimum Gasteiger partial charge on any atom is -0.481 e. The summed E-state index contributed by atoms with van der Waals surface area (Å²) in [7, 11) is 1.61. The number of benzene rings is 1. The first-order valence-corrected chi connectivity index (χ1v) is 11.0. The lowest BCUT2D eigenvalue weighted by Crippen LogP contribution is -2.19. The van der Waals surface area contributed by atoms with Crippen molar-refractivity contribution in [3.8, 4) is 28.7 Å². The normalized spacial score (nSPS) is 14.9. The fourth-order valence-corrected chi connectivity index (χ4v) is 3.72. The first kappa shape index (κ1) is 22.4. The SMILES string of the molecule is CCc1cc(-c2noc(-c3cc(OC)nc(C4CCC4)c3)n2)ccc1COC[C@@H](O)CO. The molecule has 0 saturated heterocycles. The molecule has 8 heteroatoms. The zero-order valence-corrected chi connectivity index (χ0v) is 18.5. The van der Waals surface area contributed by atoms with Crippen molar-refractivity contribution in [3.05, 3.63) is 47.2 Å². The van der Waals surface area contributed by atoms with Gasteiger partial charge in [0.15, 0.2) is 0 Å². The minimum absolute atomic E-state index is 0.0911. The van der Waals surface area contributed by atoms with Crippen LogP contribution in [0, 0.1) is 0 Å². The van der Waals surface area contributed by atoms with E-state index >= 15 is 0 Å². The van der Waals surface area contributed by atoms with Gasteiger partial charge in [-0.3, -0.25) is 0 Å². The molecule has 1 fully saturated rings. The summed E-state index contributed by atoms with van der Waals surface area (Å²) in [4.78, 5) is 9.20. The Morgan fingerprint density at radius 3 is 2.66 bits per heavy atom. The van der Waals surface area contributed by atoms with Gasteiger partial charge >= 0.3 is 0 Å². The molecular formula is C24H29N3O5. The van der Waals surface area contributed by atoms with E-state index in [-0.39, 0.29) is 13.2 Å². The summed E-state index contributed by atoms with van der Waals surface area (Å²) in [5, 5.41) is 22.5. The van der Waals surface area contributed by atoms with Gasteiger partial charge < -0.3 is 24.2 Å². The van der Waals surface area contributed by atoms with E-state index in [1.807, 2.05) is 30.3 Å². The summed E-state index contributed by atoms with van der Waals surface area (Å²) < 4.78 is 16.5. The monoisotopic (exact) mass is 439 g/mol. The highest BCUT2D eigenvalue weighted by molar-refractivity contribution is 5.62. The van der Waals surface area contributed by atoms with Gasteiger partial charge in [0, 0.05) is 28.8 Å². The summed E-state index contributed by atoms with van der Waals surface area (Å²) in [6.45, 7) is 2.20. The molecule has 2 aromatic heterocycles. The average Bonchev–Trinajstić information content (AvgIpc) is 3.28. The molecule has 1 atom stereocenters. The van der Waals surface area contributed by atoms with Gasteiger partial charge in [0.1, 0.15) is 6.10 Å². The number of rotatable bonds is 10. The van der Waals surface area contributed by atoms with Crippen molar-refractivity contribution in [2.24, 2.45) is 0 Å². The highest BCUT2D eigenvalue weighted by Gasteiger charge is 2.23. The topological polar surface area (TPSA) is 111 Å². The molecule has 8 nitrogen and oxygen atoms in total. The average molecular weight is 440 g/mol. The molecule has 2 heterocycles. The van der Waals surface area contributed by atoms with Crippen LogP contribution in [0.3, 0.4) is 0 Å². The van der Waals surface area contributed by atoms with Gasteiger partial charge in [0.2, 0.25) is 11.7 Å². The maximum atomic E-state index is 9.44. The lowest BCUT2D eigenvalue weighted by atomic mass is 9.82. The van der Waals surface area contributed by atoms with Crippen LogP contribution in [0.1, 0.15) is 48.9 Å². The van der Waals surface area contributed by atoms with Crippen molar-refractivity contribution < 1.29 is 24.2 Å². The van der Waals surface area contributed by atoms with Gasteiger partial charge in [0.05, 0.1) is 26.9 Å². The third kappa shape index (κ3) is 4.98. The second-order valence-electron chi connectivity index (χ2n) is 8.06. The molecule has 3 aromatic rings. The second kappa shape index (κ2) is 10.2. The molecule has 2 N–H and O–H groups in total. The van der Waals surface area contributed by atoms with Crippen molar-refractivity contribution in [1.82, 2.24) is 15.1 Å². The molecule has 4 rings (SSSR count). The molecule has 1 aliphatic carbocycles. The van der Waals surface area contributed by atoms with E-state index in [2.05, 4.69) is 22.0 Å². The fraction of sp³-hybridized carbons (Fsp3) is 0.458. The van der Waals surface area contributed by atoms with E-state index in [4.69, 9.17) is 19.1 Å². The van der Waals surface area contributed by atoms with Crippen LogP contribution in [-0.4, -0.2) is 51.8 Å². The molecule has 0 unspecified atom stereocenters. The molecule has 1 aliphatic rings. The number of pyridine rings is 1. The lowest BCUT2D eigenvalue weighted by molar-refractivity contribution is -0.000132. The number of aliphatic hydroxyl groups excluding tert-OH is 2. The smallest absolute Gasteiger partial charge is 0.258 e. The van der Waals surface area contributed by atoms with E-state index in [0.29, 0.717) is 30.1 Å². The quantitative estimate of drug-likeness (QED) is 0.494. The van der Waals surface area contributed by atoms with Crippen LogP contribution in [0.2, 0.25) is 0 Å². The molecule has 0 radical (unpaired) electrons. The zero-order chi connectivity index (χ0) is 22.5. The van der Waals surface area contributed by atoms with Crippen molar-refractivity contribution in [1.29, 1.82) is 0 Å². The second-order valence-corrected chi connectivity index (χ2v) is 8.06. The molecule has 0 spiro atoms. The Bertz CT molecular complexity index is 1050. The molecule has 1 saturated carbocycles. The Labute approximate surface area is 187 Å². The number of aliphatic hydroxyl groups is 2. The number of aryl methyl sites for hydroxylation is 1. The molecular weight excluding hydrogens is 410 g/mol. The molecule has 1 aromatic carbocycles. The maximum absolute atomic E-state index is 9.44. The summed E-state index contributed by atoms with van der Waals surface area (Å²) >= 11 is 0. The number of ether oxygens (including phenoxy) is 2. The van der Waals surface area contributed by atoms with E-state index in [1.165, 1.54) is 6.42 Å². The van der Waals surface area contributed by atoms with Crippen molar-refractivity contribution in [2.75, 3.05) is 20.3 Å². The Morgan fingerprint density at radius 1 is 1.12 bits per heavy atom. The number of aromatic nitrogens is 3. The molecule has 0 bridgehead atoms. The van der Waals surface area contributed by atoms with Gasteiger partial charge in [-0.05, 0) is 42.5 Å². The van der Waals surface area contributed by atoms with Crippen LogP contribution in [-0.2, 0) is 17.8 Å². The van der Waals surface area contributed by atoms with E-state index < -0.39 is 6.10 Å². The number of hydrogen-bond acceptors (Lipinski definition) is 8. The molecule has 0 amide bonds. The third-order valence-electron chi connectivity index (χ3n) is 5.85. The fourth-order valence-electron chi connectivity index (χ4n) is 3.72. The van der Waals surface area contributed by atoms with Crippen LogP contribution in [0.15, 0.2) is 34.9 Å². The largest absolute Gasteiger partial charge is 0.481 e. The Hall–Kier alpha value is -2.81. The van der Waals surface area contributed by atoms with E-state index in [1.54, 1.807) is 7.11 Å². The Morgan fingerprint density at radius 2 is 1.97 bits per heavy atom. The van der Waals surface area contributed by atoms with Crippen molar-refractivity contribution in [3.63, 3.8) is 0 Å². The number of methoxy groups -OCH3 is 1. The van der Waals surface area contributed by atoms with Gasteiger partial charge in [0.25, 0.3) is 5.89 Å². The Balaban J connectivity index is 1.54. The Kier molecular flexibility index (Phi) is 7.14. The first-order valence-electron chi connectivity index (χ1n) is 11.0. The van der Waals surface area contributed by atoms with Crippen LogP contribution in [0.4, 0.5) is 0 Å². The van der Waals surface area contributed by atoms with Crippen LogP contribution < -0.4 is 4.74 Å². The number of hydrogen-bond donors (Lipinski definition) is 2. The van der Waals surface area contributed by atoms with E-state index in [9.17, 15) is 5.11 Å². The number of nitrogens with zero attached hydrogens (tertiary/aromatic N) is 3. The van der Waals surface area contributed by atoms with Gasteiger partial charge in [-0.15, -0.1) is 0 Å². The van der Waals surface area contributed by atoms with Crippen molar-refractivity contribution in [2.45, 2.75) is 51.2 Å². The highest BCUT2D eigenvalue weighted by atomic mass is 16.5.